The zero-order chi connectivity index (χ0) is 75.5. The number of aliphatic hydroxyl groups excluding tert-OH is 1. The van der Waals surface area contributed by atoms with Crippen LogP contribution in [0, 0.1) is 23.7 Å². The number of ether oxygens (including phenoxy) is 5. The Morgan fingerprint density at radius 2 is 0.569 bits per heavy atom. The first kappa shape index (κ1) is 104. The summed E-state index contributed by atoms with van der Waals surface area (Å²) in [5.41, 5.74) is 0. The lowest BCUT2D eigenvalue weighted by molar-refractivity contribution is -0.150. The van der Waals surface area contributed by atoms with Gasteiger partial charge in [0.15, 0.2) is 0 Å². The third-order valence-corrected chi connectivity index (χ3v) is 18.4. The number of carboxylic acids is 1. The van der Waals surface area contributed by atoms with E-state index < -0.39 is 5.97 Å². The molecule has 0 fully saturated rings. The molecule has 0 aliphatic rings. The third-order valence-electron chi connectivity index (χ3n) is 18.4. The molecule has 0 heterocycles. The number of esters is 5. The minimum absolute atomic E-state index is 0. The largest absolute Gasteiger partial charge is 0.481 e. The van der Waals surface area contributed by atoms with Crippen LogP contribution in [0.15, 0.2) is 48.6 Å². The number of unbranched alkanes of at least 4 members (excludes halogenated alkanes) is 28. The maximum absolute atomic E-state index is 12.6. The predicted octanol–water partition coefficient (Wildman–Crippen LogP) is 22.8. The maximum atomic E-state index is 12.6. The minimum Gasteiger partial charge on any atom is -0.481 e. The summed E-state index contributed by atoms with van der Waals surface area (Å²) in [7, 11) is 7.90. The second-order valence-electron chi connectivity index (χ2n) is 29.3. The first-order chi connectivity index (χ1) is 48.7. The second-order valence-corrected chi connectivity index (χ2v) is 29.3. The fourth-order valence-electron chi connectivity index (χ4n) is 11.5. The third kappa shape index (κ3) is 79.8. The summed E-state index contributed by atoms with van der Waals surface area (Å²) < 4.78 is 27.6. The normalized spacial score (nSPS) is 13.3. The molecule has 0 aromatic rings. The molecule has 0 amide bonds. The molecule has 0 spiro atoms. The van der Waals surface area contributed by atoms with Gasteiger partial charge in [-0.1, -0.05) is 278 Å². The quantitative estimate of drug-likeness (QED) is 0.0252. The van der Waals surface area contributed by atoms with Crippen molar-refractivity contribution in [2.75, 3.05) is 67.7 Å². The number of hydrogen-bond acceptors (Lipinski definition) is 14. The standard InChI is InChI=1S/C43H79NO6.C37H68O5.C6H13NO2.CH4/c1-7-9-11-13-15-21-27-36-48-42(46)38(3)30-23-17-19-25-32-40(50-41(45)34-29-35-44(5)6)33-26-20-18-24-31-39(4)43(47)49-37-28-22-16-14-12-10-8-2;1-5-7-9-11-13-19-25-31-41-36(39)33(3)27-21-15-17-23-29-35(38)30-24-18-16-22-28-34(4)37(40)42-32-26-20-14-12-10-8-6-2;1-7(2)5-3-4-6(8)9;/h21-22,27-28,38-40H,7-20,23-26,29-37H2,1-6H3;19-20,25-26,33-35,38H,5-18,21-24,27-32H2,1-4H3;3-5H2,1-2H3,(H,8,9);1H4/b27-21-,28-22-;25-19-,26-20-;;. The Hall–Kier alpha value is -4.34. The number of allylic oxidation sites excluding steroid dienone is 4. The first-order valence-electron chi connectivity index (χ1n) is 41.4. The summed E-state index contributed by atoms with van der Waals surface area (Å²) in [6.07, 6.45) is 66.5. The number of carbonyl (C=O) groups is 6. The Bertz CT molecular complexity index is 1890. The lowest BCUT2D eigenvalue weighted by Gasteiger charge is -2.19. The van der Waals surface area contributed by atoms with Crippen molar-refractivity contribution in [3.8, 4) is 0 Å². The number of carbonyl (C=O) groups excluding carboxylic acids is 5. The van der Waals surface area contributed by atoms with Gasteiger partial charge in [0.25, 0.3) is 0 Å². The highest BCUT2D eigenvalue weighted by molar-refractivity contribution is 5.73. The van der Waals surface area contributed by atoms with Gasteiger partial charge < -0.3 is 43.7 Å². The Morgan fingerprint density at radius 1 is 0.324 bits per heavy atom. The molecule has 15 nitrogen and oxygen atoms in total. The Balaban J connectivity index is -0.000000839. The van der Waals surface area contributed by atoms with E-state index in [1.165, 1.54) is 103 Å². The van der Waals surface area contributed by atoms with Crippen molar-refractivity contribution in [2.24, 2.45) is 23.7 Å². The smallest absolute Gasteiger partial charge is 0.308 e. The lowest BCUT2D eigenvalue weighted by atomic mass is 9.99. The number of aliphatic carboxylic acids is 1. The van der Waals surface area contributed by atoms with Crippen LogP contribution in [-0.2, 0) is 52.5 Å². The maximum Gasteiger partial charge on any atom is 0.308 e. The lowest BCUT2D eigenvalue weighted by Crippen LogP contribution is -2.20. The Morgan fingerprint density at radius 3 is 0.824 bits per heavy atom. The van der Waals surface area contributed by atoms with Gasteiger partial charge in [-0.3, -0.25) is 28.8 Å². The highest BCUT2D eigenvalue weighted by Gasteiger charge is 2.19. The van der Waals surface area contributed by atoms with Gasteiger partial charge in [0.05, 0.1) is 29.8 Å². The Labute approximate surface area is 628 Å². The van der Waals surface area contributed by atoms with Crippen LogP contribution in [0.3, 0.4) is 0 Å². The highest BCUT2D eigenvalue weighted by Crippen LogP contribution is 2.22. The van der Waals surface area contributed by atoms with Gasteiger partial charge in [-0.2, -0.15) is 0 Å². The fraction of sp³-hybridized carbons (Fsp3) is 0.839. The minimum atomic E-state index is -0.711. The van der Waals surface area contributed by atoms with E-state index in [0.717, 1.165) is 206 Å². The molecule has 0 rings (SSSR count). The number of aliphatic hydroxyl groups is 1. The van der Waals surface area contributed by atoms with Crippen LogP contribution in [0.5, 0.6) is 0 Å². The molecule has 4 atom stereocenters. The van der Waals surface area contributed by atoms with Gasteiger partial charge in [-0.25, -0.2) is 0 Å². The van der Waals surface area contributed by atoms with Crippen molar-refractivity contribution in [2.45, 2.75) is 383 Å². The highest BCUT2D eigenvalue weighted by atomic mass is 16.6. The predicted molar refractivity (Wildman–Crippen MR) is 429 cm³/mol. The Kier molecular flexibility index (Phi) is 82.3. The summed E-state index contributed by atoms with van der Waals surface area (Å²) in [6, 6.07) is 0. The second kappa shape index (κ2) is 80.8. The topological polar surface area (TPSA) is 196 Å². The van der Waals surface area contributed by atoms with E-state index in [1.807, 2.05) is 85.1 Å². The molecule has 15 heteroatoms. The van der Waals surface area contributed by atoms with E-state index in [-0.39, 0.29) is 79.6 Å². The first-order valence-corrected chi connectivity index (χ1v) is 41.4. The van der Waals surface area contributed by atoms with E-state index in [2.05, 4.69) is 56.9 Å². The molecule has 102 heavy (non-hydrogen) atoms. The molecular weight excluding hydrogens is 1280 g/mol. The van der Waals surface area contributed by atoms with Gasteiger partial charge >= 0.3 is 35.8 Å². The molecule has 0 bridgehead atoms. The molecule has 0 radical (unpaired) electrons. The molecule has 4 unspecified atom stereocenters. The van der Waals surface area contributed by atoms with Crippen molar-refractivity contribution in [3.63, 3.8) is 0 Å². The summed E-state index contributed by atoms with van der Waals surface area (Å²) in [5.74, 6) is -1.44. The van der Waals surface area contributed by atoms with Crippen LogP contribution < -0.4 is 0 Å². The van der Waals surface area contributed by atoms with Crippen molar-refractivity contribution in [3.05, 3.63) is 48.6 Å². The SMILES string of the molecule is C.CCCCCC/C=C\COC(=O)C(C)CCCCCCC(CCCCCCC(C)C(=O)OC/C=C\CCCCCC)OC(=O)CCCN(C)C.CCCCCC/C=C\COC(=O)C(C)CCCCCCC(O)CCCCCCC(C)C(=O)OC/C=C\CCCCCC.CN(C)CCCC(=O)O. The van der Waals surface area contributed by atoms with Gasteiger partial charge in [0.2, 0.25) is 0 Å². The van der Waals surface area contributed by atoms with Crippen LogP contribution >= 0.6 is 0 Å². The molecule has 0 aromatic carbocycles. The summed E-state index contributed by atoms with van der Waals surface area (Å²) in [5, 5.41) is 18.5. The molecule has 0 saturated heterocycles. The summed E-state index contributed by atoms with van der Waals surface area (Å²) in [6.45, 7) is 20.0. The number of rotatable bonds is 69. The molecule has 0 aromatic heterocycles. The molecule has 0 aliphatic heterocycles. The number of nitrogens with zero attached hydrogens (tertiary/aromatic N) is 2. The monoisotopic (exact) mass is 1450 g/mol. The average molecular weight is 1450 g/mol. The van der Waals surface area contributed by atoms with Crippen molar-refractivity contribution in [1.82, 2.24) is 9.80 Å². The average Bonchev–Trinajstić information content (AvgIpc) is 1.35. The van der Waals surface area contributed by atoms with Gasteiger partial charge in [-0.15, -0.1) is 0 Å². The van der Waals surface area contributed by atoms with Crippen molar-refractivity contribution >= 4 is 35.8 Å². The van der Waals surface area contributed by atoms with E-state index >= 15 is 0 Å². The van der Waals surface area contributed by atoms with E-state index in [1.54, 1.807) is 0 Å². The summed E-state index contributed by atoms with van der Waals surface area (Å²) in [4.78, 5) is 75.5. The van der Waals surface area contributed by atoms with Gasteiger partial charge in [0.1, 0.15) is 32.5 Å². The van der Waals surface area contributed by atoms with Crippen molar-refractivity contribution < 1.29 is 62.7 Å². The zero-order valence-corrected chi connectivity index (χ0v) is 67.5. The zero-order valence-electron chi connectivity index (χ0n) is 67.5. The van der Waals surface area contributed by atoms with Crippen LogP contribution in [0.4, 0.5) is 0 Å². The van der Waals surface area contributed by atoms with Crippen LogP contribution in [0.25, 0.3) is 0 Å². The van der Waals surface area contributed by atoms with Crippen LogP contribution in [-0.4, -0.2) is 136 Å². The van der Waals surface area contributed by atoms with Gasteiger partial charge in [-0.05, 0) is 170 Å². The number of hydrogen-bond donors (Lipinski definition) is 2. The van der Waals surface area contributed by atoms with Crippen LogP contribution in [0.1, 0.15) is 371 Å². The van der Waals surface area contributed by atoms with Crippen LogP contribution in [0.2, 0.25) is 0 Å². The molecule has 600 valence electrons. The molecule has 0 aliphatic carbocycles. The van der Waals surface area contributed by atoms with Crippen molar-refractivity contribution in [1.29, 1.82) is 0 Å². The van der Waals surface area contributed by atoms with E-state index in [4.69, 9.17) is 28.8 Å². The summed E-state index contributed by atoms with van der Waals surface area (Å²) >= 11 is 0. The number of carboxylic acid groups (broad SMARTS) is 1. The molecular formula is C87H164N2O13. The molecule has 0 saturated carbocycles. The fourth-order valence-corrected chi connectivity index (χ4v) is 11.5. The van der Waals surface area contributed by atoms with E-state index in [9.17, 15) is 33.9 Å². The molecule has 2 N–H and O–H groups in total. The van der Waals surface area contributed by atoms with Gasteiger partial charge in [0, 0.05) is 12.8 Å². The van der Waals surface area contributed by atoms with E-state index in [0.29, 0.717) is 32.8 Å².